The Labute approximate surface area is 107 Å². The first-order valence-electron chi connectivity index (χ1n) is 5.07. The van der Waals surface area contributed by atoms with Gasteiger partial charge in [0, 0.05) is 0 Å². The van der Waals surface area contributed by atoms with E-state index < -0.39 is 11.8 Å². The summed E-state index contributed by atoms with van der Waals surface area (Å²) in [6.45, 7) is 1.80. The molecule has 0 unspecified atom stereocenters. The number of carbonyl (C=O) groups is 1. The fourth-order valence-corrected chi connectivity index (χ4v) is 2.06. The molecule has 0 spiro atoms. The molecule has 0 aliphatic heterocycles. The standard InChI is InChI=1S/C12H9FN2O2S/c1-7-2-5-11(15-14-7)18-10-6-8(12(16)17)3-4-9(10)13/h2-6H,1H3,(H,16,17). The van der Waals surface area contributed by atoms with Crippen molar-refractivity contribution in [3.8, 4) is 0 Å². The van der Waals surface area contributed by atoms with Crippen LogP contribution in [0.25, 0.3) is 0 Å². The summed E-state index contributed by atoms with van der Waals surface area (Å²) in [5.41, 5.74) is 0.804. The molecule has 0 amide bonds. The molecule has 0 aliphatic rings. The molecule has 0 saturated carbocycles. The molecule has 0 bridgehead atoms. The third-order valence-corrected chi connectivity index (χ3v) is 3.13. The monoisotopic (exact) mass is 264 g/mol. The molecule has 0 atom stereocenters. The second-order valence-electron chi connectivity index (χ2n) is 3.57. The summed E-state index contributed by atoms with van der Waals surface area (Å²) in [5, 5.41) is 17.1. The second-order valence-corrected chi connectivity index (χ2v) is 4.63. The number of aromatic nitrogens is 2. The fourth-order valence-electron chi connectivity index (χ4n) is 1.27. The van der Waals surface area contributed by atoms with Gasteiger partial charge in [-0.05, 0) is 37.3 Å². The average Bonchev–Trinajstić information content (AvgIpc) is 2.34. The van der Waals surface area contributed by atoms with Crippen LogP contribution < -0.4 is 0 Å². The van der Waals surface area contributed by atoms with Gasteiger partial charge in [0.25, 0.3) is 0 Å². The molecule has 1 aromatic carbocycles. The molecule has 0 saturated heterocycles. The van der Waals surface area contributed by atoms with E-state index in [1.165, 1.54) is 12.1 Å². The lowest BCUT2D eigenvalue weighted by Crippen LogP contribution is -1.97. The summed E-state index contributed by atoms with van der Waals surface area (Å²) >= 11 is 1.04. The van der Waals surface area contributed by atoms with E-state index in [0.29, 0.717) is 5.03 Å². The van der Waals surface area contributed by atoms with Crippen molar-refractivity contribution >= 4 is 17.7 Å². The predicted octanol–water partition coefficient (Wildman–Crippen LogP) is 2.77. The maximum absolute atomic E-state index is 13.5. The lowest BCUT2D eigenvalue weighted by Gasteiger charge is -2.03. The van der Waals surface area contributed by atoms with E-state index in [0.717, 1.165) is 23.5 Å². The second kappa shape index (κ2) is 5.14. The maximum atomic E-state index is 13.5. The van der Waals surface area contributed by atoms with Gasteiger partial charge in [-0.1, -0.05) is 11.8 Å². The van der Waals surface area contributed by atoms with Crippen molar-refractivity contribution in [2.45, 2.75) is 16.8 Å². The largest absolute Gasteiger partial charge is 0.478 e. The minimum Gasteiger partial charge on any atom is -0.478 e. The van der Waals surface area contributed by atoms with Crippen LogP contribution in [0.5, 0.6) is 0 Å². The van der Waals surface area contributed by atoms with Crippen molar-refractivity contribution in [1.82, 2.24) is 10.2 Å². The van der Waals surface area contributed by atoms with E-state index in [-0.39, 0.29) is 10.5 Å². The highest BCUT2D eigenvalue weighted by Gasteiger charge is 2.10. The number of benzene rings is 1. The molecule has 1 aromatic heterocycles. The number of carboxylic acids is 1. The lowest BCUT2D eigenvalue weighted by molar-refractivity contribution is 0.0696. The average molecular weight is 264 g/mol. The van der Waals surface area contributed by atoms with Crippen LogP contribution in [0.15, 0.2) is 40.3 Å². The molecule has 1 N–H and O–H groups in total. The van der Waals surface area contributed by atoms with Gasteiger partial charge in [-0.2, -0.15) is 5.10 Å². The highest BCUT2D eigenvalue weighted by atomic mass is 32.2. The molecular weight excluding hydrogens is 255 g/mol. The molecule has 1 heterocycles. The van der Waals surface area contributed by atoms with E-state index in [2.05, 4.69) is 10.2 Å². The molecule has 0 radical (unpaired) electrons. The van der Waals surface area contributed by atoms with Crippen LogP contribution >= 0.6 is 11.8 Å². The van der Waals surface area contributed by atoms with E-state index >= 15 is 0 Å². The van der Waals surface area contributed by atoms with Gasteiger partial charge in [-0.3, -0.25) is 0 Å². The van der Waals surface area contributed by atoms with Crippen LogP contribution in [-0.2, 0) is 0 Å². The van der Waals surface area contributed by atoms with Crippen LogP contribution in [0.2, 0.25) is 0 Å². The smallest absolute Gasteiger partial charge is 0.335 e. The van der Waals surface area contributed by atoms with Gasteiger partial charge >= 0.3 is 5.97 Å². The van der Waals surface area contributed by atoms with Crippen LogP contribution in [-0.4, -0.2) is 21.3 Å². The van der Waals surface area contributed by atoms with Gasteiger partial charge < -0.3 is 5.11 Å². The summed E-state index contributed by atoms with van der Waals surface area (Å²) < 4.78 is 13.5. The molecule has 0 fully saturated rings. The number of rotatable bonds is 3. The summed E-state index contributed by atoms with van der Waals surface area (Å²) in [6.07, 6.45) is 0. The number of aryl methyl sites for hydroxylation is 1. The molecule has 18 heavy (non-hydrogen) atoms. The van der Waals surface area contributed by atoms with E-state index in [1.54, 1.807) is 19.1 Å². The Balaban J connectivity index is 2.30. The van der Waals surface area contributed by atoms with Crippen LogP contribution in [0.1, 0.15) is 16.1 Å². The summed E-state index contributed by atoms with van der Waals surface area (Å²) in [4.78, 5) is 11.0. The van der Waals surface area contributed by atoms with Gasteiger partial charge in [-0.15, -0.1) is 5.10 Å². The number of nitrogens with zero attached hydrogens (tertiary/aromatic N) is 2. The zero-order valence-corrected chi connectivity index (χ0v) is 10.2. The van der Waals surface area contributed by atoms with Crippen molar-refractivity contribution in [3.63, 3.8) is 0 Å². The normalized spacial score (nSPS) is 10.3. The number of hydrogen-bond donors (Lipinski definition) is 1. The summed E-state index contributed by atoms with van der Waals surface area (Å²) in [6, 6.07) is 7.11. The molecule has 4 nitrogen and oxygen atoms in total. The number of carboxylic acid groups (broad SMARTS) is 1. The first kappa shape index (κ1) is 12.5. The van der Waals surface area contributed by atoms with Crippen molar-refractivity contribution in [1.29, 1.82) is 0 Å². The highest BCUT2D eigenvalue weighted by molar-refractivity contribution is 7.99. The third-order valence-electron chi connectivity index (χ3n) is 2.17. The maximum Gasteiger partial charge on any atom is 0.335 e. The predicted molar refractivity (Wildman–Crippen MR) is 64.3 cm³/mol. The molecular formula is C12H9FN2O2S. The Hall–Kier alpha value is -1.95. The van der Waals surface area contributed by atoms with Gasteiger partial charge in [0.05, 0.1) is 16.2 Å². The Morgan fingerprint density at radius 1 is 1.28 bits per heavy atom. The van der Waals surface area contributed by atoms with E-state index in [9.17, 15) is 9.18 Å². The highest BCUT2D eigenvalue weighted by Crippen LogP contribution is 2.28. The number of aromatic carboxylic acids is 1. The van der Waals surface area contributed by atoms with Gasteiger partial charge in [0.2, 0.25) is 0 Å². The Bertz CT molecular complexity index is 587. The van der Waals surface area contributed by atoms with E-state index in [1.807, 2.05) is 0 Å². The quantitative estimate of drug-likeness (QED) is 0.923. The van der Waals surface area contributed by atoms with Crippen molar-refractivity contribution in [3.05, 3.63) is 47.4 Å². The minimum atomic E-state index is -1.09. The van der Waals surface area contributed by atoms with Crippen LogP contribution in [0.4, 0.5) is 4.39 Å². The van der Waals surface area contributed by atoms with Gasteiger partial charge in [-0.25, -0.2) is 9.18 Å². The lowest BCUT2D eigenvalue weighted by atomic mass is 10.2. The van der Waals surface area contributed by atoms with Crippen LogP contribution in [0, 0.1) is 12.7 Å². The molecule has 2 aromatic rings. The molecule has 2 rings (SSSR count). The Morgan fingerprint density at radius 2 is 2.06 bits per heavy atom. The number of halogens is 1. The minimum absolute atomic E-state index is 0.0407. The van der Waals surface area contributed by atoms with Crippen molar-refractivity contribution < 1.29 is 14.3 Å². The van der Waals surface area contributed by atoms with Gasteiger partial charge in [0.15, 0.2) is 0 Å². The van der Waals surface area contributed by atoms with Crippen LogP contribution in [0.3, 0.4) is 0 Å². The molecule has 92 valence electrons. The first-order chi connectivity index (χ1) is 8.56. The number of hydrogen-bond acceptors (Lipinski definition) is 4. The zero-order chi connectivity index (χ0) is 13.1. The van der Waals surface area contributed by atoms with Crippen molar-refractivity contribution in [2.24, 2.45) is 0 Å². The third kappa shape index (κ3) is 2.84. The SMILES string of the molecule is Cc1ccc(Sc2cc(C(=O)O)ccc2F)nn1. The Morgan fingerprint density at radius 3 is 2.67 bits per heavy atom. The summed E-state index contributed by atoms with van der Waals surface area (Å²) in [5.74, 6) is -1.57. The summed E-state index contributed by atoms with van der Waals surface area (Å²) in [7, 11) is 0. The van der Waals surface area contributed by atoms with Crippen molar-refractivity contribution in [2.75, 3.05) is 0 Å². The fraction of sp³-hybridized carbons (Fsp3) is 0.0833. The van der Waals surface area contributed by atoms with E-state index in [4.69, 9.17) is 5.11 Å². The van der Waals surface area contributed by atoms with Gasteiger partial charge in [0.1, 0.15) is 10.8 Å². The molecule has 6 heteroatoms. The first-order valence-corrected chi connectivity index (χ1v) is 5.89. The molecule has 0 aliphatic carbocycles. The Kier molecular flexibility index (Phi) is 3.57. The zero-order valence-electron chi connectivity index (χ0n) is 9.42. The topological polar surface area (TPSA) is 63.1 Å².